The summed E-state index contributed by atoms with van der Waals surface area (Å²) in [5, 5.41) is 0. The highest BCUT2D eigenvalue weighted by Crippen LogP contribution is 2.11. The Kier molecular flexibility index (Phi) is 6.28. The molecule has 0 spiro atoms. The highest BCUT2D eigenvalue weighted by Gasteiger charge is 1.99. The van der Waals surface area contributed by atoms with Gasteiger partial charge in [0.05, 0.1) is 0 Å². The molecule has 2 aromatic heterocycles. The summed E-state index contributed by atoms with van der Waals surface area (Å²) in [4.78, 5) is 19.1. The molecule has 0 saturated carbocycles. The van der Waals surface area contributed by atoms with E-state index in [2.05, 4.69) is 37.7 Å². The number of aryl methyl sites for hydroxylation is 2. The molecule has 0 aliphatic rings. The zero-order valence-electron chi connectivity index (χ0n) is 13.8. The number of hydrogen-bond donors (Lipinski definition) is 0. The van der Waals surface area contributed by atoms with Crippen molar-refractivity contribution in [2.75, 3.05) is 0 Å². The molecule has 0 aliphatic carbocycles. The van der Waals surface area contributed by atoms with Crippen molar-refractivity contribution in [2.24, 2.45) is 7.05 Å². The SMILES string of the molecule is CC(C)c1ccc(=O)n(C)c1.Cc1ncc(C(C)C)cn1. The lowest BCUT2D eigenvalue weighted by Gasteiger charge is -2.05. The van der Waals surface area contributed by atoms with Crippen LogP contribution in [0.4, 0.5) is 0 Å². The summed E-state index contributed by atoms with van der Waals surface area (Å²) in [7, 11) is 1.77. The molecule has 0 amide bonds. The summed E-state index contributed by atoms with van der Waals surface area (Å²) >= 11 is 0. The Morgan fingerprint density at radius 2 is 1.48 bits per heavy atom. The summed E-state index contributed by atoms with van der Waals surface area (Å²) < 4.78 is 1.61. The Morgan fingerprint density at radius 3 is 1.90 bits per heavy atom. The molecule has 0 N–H and O–H groups in total. The molecule has 0 atom stereocenters. The summed E-state index contributed by atoms with van der Waals surface area (Å²) in [5.74, 6) is 1.85. The van der Waals surface area contributed by atoms with Gasteiger partial charge in [-0.1, -0.05) is 33.8 Å². The average Bonchev–Trinajstić information content (AvgIpc) is 2.43. The van der Waals surface area contributed by atoms with Gasteiger partial charge in [0.1, 0.15) is 5.82 Å². The van der Waals surface area contributed by atoms with E-state index in [0.29, 0.717) is 11.8 Å². The highest BCUT2D eigenvalue weighted by molar-refractivity contribution is 5.13. The molecule has 4 nitrogen and oxygen atoms in total. The van der Waals surface area contributed by atoms with Gasteiger partial charge in [0.25, 0.3) is 0 Å². The number of nitrogens with zero attached hydrogens (tertiary/aromatic N) is 3. The minimum absolute atomic E-state index is 0.0504. The molecule has 2 rings (SSSR count). The number of pyridine rings is 1. The van der Waals surface area contributed by atoms with E-state index in [9.17, 15) is 4.79 Å². The van der Waals surface area contributed by atoms with E-state index in [1.54, 1.807) is 17.7 Å². The van der Waals surface area contributed by atoms with Crippen LogP contribution in [0.15, 0.2) is 35.5 Å². The van der Waals surface area contributed by atoms with Crippen molar-refractivity contribution in [3.8, 4) is 0 Å². The molecule has 2 heterocycles. The van der Waals surface area contributed by atoms with Gasteiger partial charge in [-0.15, -0.1) is 0 Å². The van der Waals surface area contributed by atoms with Gasteiger partial charge in [0.2, 0.25) is 5.56 Å². The van der Waals surface area contributed by atoms with Crippen LogP contribution >= 0.6 is 0 Å². The van der Waals surface area contributed by atoms with E-state index < -0.39 is 0 Å². The van der Waals surface area contributed by atoms with Crippen LogP contribution in [-0.2, 0) is 7.05 Å². The summed E-state index contributed by atoms with van der Waals surface area (Å²) in [6, 6.07) is 3.49. The van der Waals surface area contributed by atoms with E-state index in [4.69, 9.17) is 0 Å². The molecule has 2 aromatic rings. The summed E-state index contributed by atoms with van der Waals surface area (Å²) in [6.07, 6.45) is 5.65. The van der Waals surface area contributed by atoms with E-state index >= 15 is 0 Å². The lowest BCUT2D eigenvalue weighted by atomic mass is 10.1. The third-order valence-corrected chi connectivity index (χ3v) is 3.24. The first-order valence-electron chi connectivity index (χ1n) is 7.26. The maximum atomic E-state index is 11.0. The van der Waals surface area contributed by atoms with Crippen molar-refractivity contribution in [2.45, 2.75) is 46.5 Å². The van der Waals surface area contributed by atoms with Crippen LogP contribution in [0.1, 0.15) is 56.5 Å². The molecular formula is C17H25N3O. The molecule has 0 radical (unpaired) electrons. The van der Waals surface area contributed by atoms with Crippen molar-refractivity contribution in [3.63, 3.8) is 0 Å². The van der Waals surface area contributed by atoms with Crippen LogP contribution < -0.4 is 5.56 Å². The fraction of sp³-hybridized carbons (Fsp3) is 0.471. The molecule has 114 valence electrons. The molecule has 0 saturated heterocycles. The lowest BCUT2D eigenvalue weighted by molar-refractivity contribution is 0.794. The predicted octanol–water partition coefficient (Wildman–Crippen LogP) is 3.42. The molecule has 4 heteroatoms. The molecule has 0 bridgehead atoms. The van der Waals surface area contributed by atoms with E-state index in [1.807, 2.05) is 31.6 Å². The Bertz CT molecular complexity index is 613. The third-order valence-electron chi connectivity index (χ3n) is 3.24. The van der Waals surface area contributed by atoms with Crippen LogP contribution in [0, 0.1) is 6.92 Å². The van der Waals surface area contributed by atoms with Crippen LogP contribution in [0.3, 0.4) is 0 Å². The smallest absolute Gasteiger partial charge is 0.250 e. The molecule has 21 heavy (non-hydrogen) atoms. The zero-order chi connectivity index (χ0) is 16.0. The van der Waals surface area contributed by atoms with Crippen LogP contribution in [0.5, 0.6) is 0 Å². The van der Waals surface area contributed by atoms with Crippen molar-refractivity contribution >= 4 is 0 Å². The minimum Gasteiger partial charge on any atom is -0.318 e. The van der Waals surface area contributed by atoms with Gasteiger partial charge in [0.15, 0.2) is 0 Å². The van der Waals surface area contributed by atoms with Gasteiger partial charge in [-0.05, 0) is 29.9 Å². The maximum Gasteiger partial charge on any atom is 0.250 e. The molecule has 0 aromatic carbocycles. The van der Waals surface area contributed by atoms with Gasteiger partial charge in [0, 0.05) is 31.7 Å². The summed E-state index contributed by atoms with van der Waals surface area (Å²) in [5.41, 5.74) is 2.45. The molecular weight excluding hydrogens is 262 g/mol. The van der Waals surface area contributed by atoms with E-state index in [-0.39, 0.29) is 5.56 Å². The second-order valence-electron chi connectivity index (χ2n) is 5.78. The van der Waals surface area contributed by atoms with Gasteiger partial charge in [-0.3, -0.25) is 4.79 Å². The predicted molar refractivity (Wildman–Crippen MR) is 86.6 cm³/mol. The largest absolute Gasteiger partial charge is 0.318 e. The number of aromatic nitrogens is 3. The lowest BCUT2D eigenvalue weighted by Crippen LogP contribution is -2.15. The monoisotopic (exact) mass is 287 g/mol. The van der Waals surface area contributed by atoms with Crippen molar-refractivity contribution < 1.29 is 0 Å². The molecule has 0 aliphatic heterocycles. The van der Waals surface area contributed by atoms with Gasteiger partial charge in [-0.2, -0.15) is 0 Å². The first-order valence-corrected chi connectivity index (χ1v) is 7.26. The van der Waals surface area contributed by atoms with Crippen molar-refractivity contribution in [3.05, 3.63) is 58.0 Å². The van der Waals surface area contributed by atoms with Crippen LogP contribution in [-0.4, -0.2) is 14.5 Å². The first kappa shape index (κ1) is 17.1. The fourth-order valence-corrected chi connectivity index (χ4v) is 1.66. The second kappa shape index (κ2) is 7.72. The van der Waals surface area contributed by atoms with Crippen molar-refractivity contribution in [1.82, 2.24) is 14.5 Å². The normalized spacial score (nSPS) is 10.5. The van der Waals surface area contributed by atoms with Crippen molar-refractivity contribution in [1.29, 1.82) is 0 Å². The first-order chi connectivity index (χ1) is 9.81. The van der Waals surface area contributed by atoms with Gasteiger partial charge < -0.3 is 4.57 Å². The third kappa shape index (κ3) is 5.50. The molecule has 0 fully saturated rings. The van der Waals surface area contributed by atoms with E-state index in [1.165, 1.54) is 11.1 Å². The topological polar surface area (TPSA) is 47.8 Å². The Hall–Kier alpha value is -1.97. The Balaban J connectivity index is 0.000000211. The quantitative estimate of drug-likeness (QED) is 0.850. The summed E-state index contributed by atoms with van der Waals surface area (Å²) in [6.45, 7) is 10.4. The highest BCUT2D eigenvalue weighted by atomic mass is 16.1. The standard InChI is InChI=1S/C9H13NO.C8H12N2/c1-7(2)8-4-5-9(11)10(3)6-8;1-6(2)8-4-9-7(3)10-5-8/h4-7H,1-3H3;4-6H,1-3H3. The Morgan fingerprint density at radius 1 is 0.952 bits per heavy atom. The van der Waals surface area contributed by atoms with Gasteiger partial charge in [-0.25, -0.2) is 9.97 Å². The fourth-order valence-electron chi connectivity index (χ4n) is 1.66. The second-order valence-corrected chi connectivity index (χ2v) is 5.78. The average molecular weight is 287 g/mol. The molecule has 0 unspecified atom stereocenters. The maximum absolute atomic E-state index is 11.0. The van der Waals surface area contributed by atoms with Crippen LogP contribution in [0.2, 0.25) is 0 Å². The van der Waals surface area contributed by atoms with Gasteiger partial charge >= 0.3 is 0 Å². The number of hydrogen-bond acceptors (Lipinski definition) is 3. The Labute approximate surface area is 126 Å². The van der Waals surface area contributed by atoms with E-state index in [0.717, 1.165) is 5.82 Å². The minimum atomic E-state index is 0.0504. The van der Waals surface area contributed by atoms with Crippen LogP contribution in [0.25, 0.3) is 0 Å². The number of rotatable bonds is 2. The zero-order valence-corrected chi connectivity index (χ0v) is 13.8.